The summed E-state index contributed by atoms with van der Waals surface area (Å²) in [6.45, 7) is 1.10. The van der Waals surface area contributed by atoms with Crippen LogP contribution in [-0.2, 0) is 19.6 Å². The second-order valence-corrected chi connectivity index (χ2v) is 7.46. The molecule has 0 unspecified atom stereocenters. The molecule has 0 radical (unpaired) electrons. The Bertz CT molecular complexity index is 974. The van der Waals surface area contributed by atoms with Gasteiger partial charge in [0.25, 0.3) is 10.0 Å². The molecule has 28 heavy (non-hydrogen) atoms. The lowest BCUT2D eigenvalue weighted by atomic mass is 10.2. The lowest BCUT2D eigenvalue weighted by molar-refractivity contribution is -0.139. The summed E-state index contributed by atoms with van der Waals surface area (Å²) in [4.78, 5) is 21.4. The molecule has 2 aromatic carbocycles. The second kappa shape index (κ2) is 9.09. The first kappa shape index (κ1) is 21.0. The van der Waals surface area contributed by atoms with Crippen LogP contribution in [-0.4, -0.2) is 38.6 Å². The fraction of sp³-hybridized carbons (Fsp3) is 0.222. The van der Waals surface area contributed by atoms with Gasteiger partial charge in [0, 0.05) is 0 Å². The van der Waals surface area contributed by atoms with E-state index >= 15 is 0 Å². The minimum Gasteiger partial charge on any atom is -0.491 e. The van der Waals surface area contributed by atoms with Crippen molar-refractivity contribution in [3.05, 3.63) is 48.0 Å². The fourth-order valence-electron chi connectivity index (χ4n) is 2.23. The van der Waals surface area contributed by atoms with Crippen molar-refractivity contribution in [1.29, 1.82) is 0 Å². The number of ether oxygens (including phenoxy) is 2. The number of nitrogens with one attached hydrogen (secondary N) is 1. The van der Waals surface area contributed by atoms with Crippen LogP contribution >= 0.6 is 0 Å². The normalized spacial score (nSPS) is 10.9. The summed E-state index contributed by atoms with van der Waals surface area (Å²) in [5.74, 6) is -1.13. The van der Waals surface area contributed by atoms with Crippen LogP contribution in [0.25, 0.3) is 0 Å². The summed E-state index contributed by atoms with van der Waals surface area (Å²) in [6, 6.07) is 10.4. The average molecular weight is 408 g/mol. The molecule has 0 heterocycles. The van der Waals surface area contributed by atoms with E-state index in [0.29, 0.717) is 5.56 Å². The molecule has 2 aromatic rings. The molecule has 0 aromatic heterocycles. The first-order valence-corrected chi connectivity index (χ1v) is 9.65. The van der Waals surface area contributed by atoms with Gasteiger partial charge in [0.2, 0.25) is 5.91 Å². The number of aryl methyl sites for hydroxylation is 1. The number of carboxylic acids is 1. The van der Waals surface area contributed by atoms with E-state index in [2.05, 4.69) is 4.72 Å². The van der Waals surface area contributed by atoms with E-state index in [1.807, 2.05) is 0 Å². The van der Waals surface area contributed by atoms with Crippen molar-refractivity contribution in [1.82, 2.24) is 0 Å². The molecule has 0 atom stereocenters. The summed E-state index contributed by atoms with van der Waals surface area (Å²) >= 11 is 0. The summed E-state index contributed by atoms with van der Waals surface area (Å²) < 4.78 is 38.3. The number of sulfonamides is 1. The van der Waals surface area contributed by atoms with Crippen LogP contribution in [0.2, 0.25) is 0 Å². The van der Waals surface area contributed by atoms with E-state index in [-0.39, 0.29) is 35.1 Å². The number of hydrogen-bond acceptors (Lipinski definition) is 6. The maximum atomic E-state index is 12.7. The van der Waals surface area contributed by atoms with E-state index in [9.17, 15) is 18.0 Å². The van der Waals surface area contributed by atoms with Gasteiger partial charge in [-0.05, 0) is 42.8 Å². The smallest absolute Gasteiger partial charge is 0.341 e. The Morgan fingerprint density at radius 3 is 2.46 bits per heavy atom. The van der Waals surface area contributed by atoms with Crippen molar-refractivity contribution in [2.45, 2.75) is 18.2 Å². The third-order valence-electron chi connectivity index (χ3n) is 3.55. The van der Waals surface area contributed by atoms with Crippen LogP contribution < -0.4 is 19.9 Å². The molecule has 2 rings (SSSR count). The largest absolute Gasteiger partial charge is 0.491 e. The van der Waals surface area contributed by atoms with Crippen molar-refractivity contribution in [2.75, 3.05) is 17.9 Å². The van der Waals surface area contributed by atoms with Gasteiger partial charge in [0.05, 0.1) is 23.6 Å². The molecule has 0 aliphatic rings. The Labute approximate surface area is 162 Å². The number of aliphatic carboxylic acids is 1. The molecule has 0 aliphatic carbocycles. The number of carbonyl (C=O) groups excluding carboxylic acids is 1. The number of carboxylic acid groups (broad SMARTS) is 1. The summed E-state index contributed by atoms with van der Waals surface area (Å²) in [7, 11) is -3.94. The Morgan fingerprint density at radius 1 is 1.11 bits per heavy atom. The highest BCUT2D eigenvalue weighted by Gasteiger charge is 2.18. The Morgan fingerprint density at radius 2 is 1.82 bits per heavy atom. The van der Waals surface area contributed by atoms with Gasteiger partial charge in [0.15, 0.2) is 6.61 Å². The molecule has 0 bridgehead atoms. The molecule has 10 heteroatoms. The summed E-state index contributed by atoms with van der Waals surface area (Å²) in [6.07, 6.45) is -0.00190. The Hall–Kier alpha value is -3.27. The van der Waals surface area contributed by atoms with Crippen LogP contribution in [0, 0.1) is 6.92 Å². The van der Waals surface area contributed by atoms with Gasteiger partial charge in [-0.25, -0.2) is 13.2 Å². The Balaban J connectivity index is 2.19. The van der Waals surface area contributed by atoms with E-state index in [1.165, 1.54) is 24.3 Å². The third-order valence-corrected chi connectivity index (χ3v) is 4.91. The molecule has 4 N–H and O–H groups in total. The molecule has 0 spiro atoms. The van der Waals surface area contributed by atoms with Crippen molar-refractivity contribution in [3.63, 3.8) is 0 Å². The zero-order valence-electron chi connectivity index (χ0n) is 15.0. The van der Waals surface area contributed by atoms with E-state index < -0.39 is 28.5 Å². The number of nitrogens with two attached hydrogens (primary N) is 1. The molecule has 9 nitrogen and oxygen atoms in total. The van der Waals surface area contributed by atoms with Gasteiger partial charge in [-0.2, -0.15) is 0 Å². The second-order valence-electron chi connectivity index (χ2n) is 5.78. The highest BCUT2D eigenvalue weighted by molar-refractivity contribution is 7.92. The zero-order valence-corrected chi connectivity index (χ0v) is 15.9. The minimum absolute atomic E-state index is 0.00190. The van der Waals surface area contributed by atoms with Crippen molar-refractivity contribution < 1.29 is 32.6 Å². The molecule has 1 amide bonds. The number of carbonyl (C=O) groups is 2. The van der Waals surface area contributed by atoms with Gasteiger partial charge < -0.3 is 20.3 Å². The predicted octanol–water partition coefficient (Wildman–Crippen LogP) is 1.51. The number of benzene rings is 2. The van der Waals surface area contributed by atoms with Gasteiger partial charge in [0.1, 0.15) is 11.5 Å². The first-order chi connectivity index (χ1) is 13.2. The van der Waals surface area contributed by atoms with E-state index in [4.69, 9.17) is 20.3 Å². The van der Waals surface area contributed by atoms with Crippen molar-refractivity contribution >= 4 is 27.6 Å². The molecular formula is C18H20N2O7S. The van der Waals surface area contributed by atoms with Crippen molar-refractivity contribution in [2.24, 2.45) is 5.73 Å². The standard InChI is InChI=1S/C18H20N2O7S/c1-12-10-13(6-7-15(12)27-11-18(22)23)28(24,25)20-14-4-2-3-5-16(14)26-9-8-17(19)21/h2-7,10,20H,8-9,11H2,1H3,(H2,19,21)(H,22,23). The molecule has 0 saturated heterocycles. The number of para-hydroxylation sites is 2. The zero-order chi connectivity index (χ0) is 20.7. The van der Waals surface area contributed by atoms with Crippen LogP contribution in [0.5, 0.6) is 11.5 Å². The van der Waals surface area contributed by atoms with Gasteiger partial charge in [-0.15, -0.1) is 0 Å². The van der Waals surface area contributed by atoms with Crippen molar-refractivity contribution in [3.8, 4) is 11.5 Å². The molecule has 0 fully saturated rings. The summed E-state index contributed by atoms with van der Waals surface area (Å²) in [5.41, 5.74) is 5.74. The minimum atomic E-state index is -3.94. The van der Waals surface area contributed by atoms with E-state index in [1.54, 1.807) is 25.1 Å². The highest BCUT2D eigenvalue weighted by Crippen LogP contribution is 2.28. The van der Waals surface area contributed by atoms with Gasteiger partial charge >= 0.3 is 5.97 Å². The van der Waals surface area contributed by atoms with Gasteiger partial charge in [-0.3, -0.25) is 9.52 Å². The fourth-order valence-corrected chi connectivity index (χ4v) is 3.39. The number of hydrogen-bond donors (Lipinski definition) is 3. The number of primary amides is 1. The number of rotatable bonds is 10. The molecular weight excluding hydrogens is 388 g/mol. The number of amides is 1. The summed E-state index contributed by atoms with van der Waals surface area (Å²) in [5, 5.41) is 8.66. The maximum Gasteiger partial charge on any atom is 0.341 e. The van der Waals surface area contributed by atoms with Gasteiger partial charge in [-0.1, -0.05) is 12.1 Å². The van der Waals surface area contributed by atoms with Crippen LogP contribution in [0.15, 0.2) is 47.4 Å². The predicted molar refractivity (Wildman–Crippen MR) is 101 cm³/mol. The quantitative estimate of drug-likeness (QED) is 0.540. The first-order valence-electron chi connectivity index (χ1n) is 8.17. The third kappa shape index (κ3) is 5.88. The SMILES string of the molecule is Cc1cc(S(=O)(=O)Nc2ccccc2OCCC(N)=O)ccc1OCC(=O)O. The van der Waals surface area contributed by atoms with E-state index in [0.717, 1.165) is 0 Å². The number of anilines is 1. The van der Waals surface area contributed by atoms with Crippen LogP contribution in [0.3, 0.4) is 0 Å². The molecule has 150 valence electrons. The lowest BCUT2D eigenvalue weighted by Gasteiger charge is -2.14. The van der Waals surface area contributed by atoms with Crippen LogP contribution in [0.4, 0.5) is 5.69 Å². The van der Waals surface area contributed by atoms with Crippen LogP contribution in [0.1, 0.15) is 12.0 Å². The topological polar surface area (TPSA) is 145 Å². The average Bonchev–Trinajstić information content (AvgIpc) is 2.61. The molecule has 0 saturated carbocycles. The molecule has 0 aliphatic heterocycles. The maximum absolute atomic E-state index is 12.7. The Kier molecular flexibility index (Phi) is 6.83. The lowest BCUT2D eigenvalue weighted by Crippen LogP contribution is -2.16. The highest BCUT2D eigenvalue weighted by atomic mass is 32.2. The monoisotopic (exact) mass is 408 g/mol.